The third-order valence-electron chi connectivity index (χ3n) is 2.90. The molecule has 0 rings (SSSR count). The van der Waals surface area contributed by atoms with Crippen molar-refractivity contribution in [3.8, 4) is 0 Å². The van der Waals surface area contributed by atoms with Gasteiger partial charge in [-0.2, -0.15) is 9.78 Å². The van der Waals surface area contributed by atoms with Gasteiger partial charge in [0.05, 0.1) is 0 Å². The number of hydrogen-bond donors (Lipinski definition) is 0. The zero-order chi connectivity index (χ0) is 17.2. The van der Waals surface area contributed by atoms with Crippen molar-refractivity contribution < 1.29 is 38.6 Å². The van der Waals surface area contributed by atoms with Crippen molar-refractivity contribution in [2.75, 3.05) is 13.2 Å². The van der Waals surface area contributed by atoms with Gasteiger partial charge in [0.25, 0.3) is 0 Å². The highest BCUT2D eigenvalue weighted by molar-refractivity contribution is 5.59. The van der Waals surface area contributed by atoms with Crippen LogP contribution in [0, 0.1) is 0 Å². The Hall–Kier alpha value is -1.54. The first kappa shape index (κ1) is 20.5. The normalized spacial score (nSPS) is 11.7. The molecule has 0 radical (unpaired) electrons. The van der Waals surface area contributed by atoms with Crippen molar-refractivity contribution in [2.45, 2.75) is 65.6 Å². The van der Waals surface area contributed by atoms with E-state index in [0.717, 1.165) is 0 Å². The molecule has 0 unspecified atom stereocenters. The van der Waals surface area contributed by atoms with Crippen molar-refractivity contribution in [1.29, 1.82) is 0 Å². The van der Waals surface area contributed by atoms with E-state index in [1.165, 1.54) is 0 Å². The second kappa shape index (κ2) is 9.47. The first-order chi connectivity index (χ1) is 10.1. The summed E-state index contributed by atoms with van der Waals surface area (Å²) in [5.41, 5.74) is -1.19. The zero-order valence-electron chi connectivity index (χ0n) is 14.1. The predicted molar refractivity (Wildman–Crippen MR) is 75.8 cm³/mol. The van der Waals surface area contributed by atoms with E-state index in [1.54, 1.807) is 27.7 Å². The summed E-state index contributed by atoms with van der Waals surface area (Å²) in [7, 11) is 0. The maximum atomic E-state index is 11.2. The number of hydrogen-bond acceptors (Lipinski definition) is 8. The van der Waals surface area contributed by atoms with Gasteiger partial charge in [0.15, 0.2) is 0 Å². The fourth-order valence-corrected chi connectivity index (χ4v) is 0.710. The molecule has 0 saturated carbocycles. The van der Waals surface area contributed by atoms with E-state index in [0.29, 0.717) is 12.8 Å². The molecule has 0 aromatic rings. The molecular weight excluding hydrogens is 296 g/mol. The minimum atomic E-state index is -1.01. The summed E-state index contributed by atoms with van der Waals surface area (Å²) in [5, 5.41) is 0. The van der Waals surface area contributed by atoms with Crippen LogP contribution in [0.15, 0.2) is 0 Å². The summed E-state index contributed by atoms with van der Waals surface area (Å²) in [6.07, 6.45) is -0.712. The van der Waals surface area contributed by atoms with Gasteiger partial charge < -0.3 is 9.47 Å². The van der Waals surface area contributed by atoms with Crippen molar-refractivity contribution in [2.24, 2.45) is 0 Å². The van der Waals surface area contributed by atoms with E-state index < -0.39 is 23.5 Å². The molecule has 8 nitrogen and oxygen atoms in total. The van der Waals surface area contributed by atoms with Gasteiger partial charge in [-0.15, -0.1) is 0 Å². The van der Waals surface area contributed by atoms with Crippen LogP contribution < -0.4 is 0 Å². The standard InChI is InChI=1S/C14H26O8/c1-7-13(3,4)21-19-11(15)17-9-10-18-12(16)20-22-14(5,6)8-2/h7-10H2,1-6H3. The Bertz CT molecular complexity index is 317. The summed E-state index contributed by atoms with van der Waals surface area (Å²) in [6.45, 7) is 10.4. The van der Waals surface area contributed by atoms with Gasteiger partial charge in [-0.3, -0.25) is 9.78 Å². The fraction of sp³-hybridized carbons (Fsp3) is 0.857. The second-order valence-corrected chi connectivity index (χ2v) is 5.76. The summed E-state index contributed by atoms with van der Waals surface area (Å²) < 4.78 is 9.28. The van der Waals surface area contributed by atoms with Gasteiger partial charge >= 0.3 is 12.3 Å². The number of ether oxygens (including phenoxy) is 2. The van der Waals surface area contributed by atoms with Crippen LogP contribution in [0.5, 0.6) is 0 Å². The average Bonchev–Trinajstić information content (AvgIpc) is 2.47. The van der Waals surface area contributed by atoms with Crippen LogP contribution in [-0.4, -0.2) is 36.7 Å². The van der Waals surface area contributed by atoms with Gasteiger partial charge in [0.1, 0.15) is 24.4 Å². The van der Waals surface area contributed by atoms with Gasteiger partial charge in [-0.1, -0.05) is 13.8 Å². The van der Waals surface area contributed by atoms with E-state index in [1.807, 2.05) is 13.8 Å². The molecule has 0 aliphatic carbocycles. The fourth-order valence-electron chi connectivity index (χ4n) is 0.710. The summed E-state index contributed by atoms with van der Waals surface area (Å²) in [5.74, 6) is 0. The summed E-state index contributed by atoms with van der Waals surface area (Å²) >= 11 is 0. The SMILES string of the molecule is CCC(C)(C)OOC(=O)OCCOC(=O)OOC(C)(C)CC. The molecule has 0 saturated heterocycles. The Balaban J connectivity index is 3.72. The molecule has 130 valence electrons. The molecule has 0 N–H and O–H groups in total. The molecule has 0 heterocycles. The van der Waals surface area contributed by atoms with Gasteiger partial charge in [0, 0.05) is 0 Å². The number of carbonyl (C=O) groups excluding carboxylic acids is 2. The predicted octanol–water partition coefficient (Wildman–Crippen LogP) is 3.53. The molecule has 0 bridgehead atoms. The van der Waals surface area contributed by atoms with Crippen LogP contribution in [0.25, 0.3) is 0 Å². The zero-order valence-corrected chi connectivity index (χ0v) is 14.1. The lowest BCUT2D eigenvalue weighted by atomic mass is 10.1. The average molecular weight is 322 g/mol. The molecule has 0 aliphatic heterocycles. The Morgan fingerprint density at radius 3 is 1.32 bits per heavy atom. The molecule has 0 aromatic carbocycles. The highest BCUT2D eigenvalue weighted by Gasteiger charge is 2.21. The Morgan fingerprint density at radius 2 is 1.05 bits per heavy atom. The van der Waals surface area contributed by atoms with E-state index in [9.17, 15) is 9.59 Å². The molecule has 0 spiro atoms. The largest absolute Gasteiger partial charge is 0.540 e. The second-order valence-electron chi connectivity index (χ2n) is 5.76. The maximum Gasteiger partial charge on any atom is 0.540 e. The van der Waals surface area contributed by atoms with Crippen molar-refractivity contribution in [3.63, 3.8) is 0 Å². The highest BCUT2D eigenvalue weighted by Crippen LogP contribution is 2.14. The summed E-state index contributed by atoms with van der Waals surface area (Å²) in [6, 6.07) is 0. The maximum absolute atomic E-state index is 11.2. The first-order valence-corrected chi connectivity index (χ1v) is 7.16. The molecule has 22 heavy (non-hydrogen) atoms. The van der Waals surface area contributed by atoms with Crippen LogP contribution in [0.3, 0.4) is 0 Å². The van der Waals surface area contributed by atoms with Gasteiger partial charge in [0.2, 0.25) is 0 Å². The van der Waals surface area contributed by atoms with Crippen LogP contribution >= 0.6 is 0 Å². The monoisotopic (exact) mass is 322 g/mol. The van der Waals surface area contributed by atoms with Gasteiger partial charge in [-0.25, -0.2) is 9.59 Å². The Labute approximate surface area is 130 Å². The topological polar surface area (TPSA) is 89.5 Å². The van der Waals surface area contributed by atoms with E-state index in [2.05, 4.69) is 19.2 Å². The Kier molecular flexibility index (Phi) is 8.81. The van der Waals surface area contributed by atoms with Crippen molar-refractivity contribution in [1.82, 2.24) is 0 Å². The van der Waals surface area contributed by atoms with E-state index in [4.69, 9.17) is 9.78 Å². The van der Waals surface area contributed by atoms with Crippen LogP contribution in [0.2, 0.25) is 0 Å². The minimum Gasteiger partial charge on any atom is -0.429 e. The third kappa shape index (κ3) is 10.2. The highest BCUT2D eigenvalue weighted by atomic mass is 17.2. The van der Waals surface area contributed by atoms with E-state index >= 15 is 0 Å². The lowest BCUT2D eigenvalue weighted by molar-refractivity contribution is -0.320. The van der Waals surface area contributed by atoms with Crippen molar-refractivity contribution in [3.05, 3.63) is 0 Å². The quantitative estimate of drug-likeness (QED) is 0.275. The van der Waals surface area contributed by atoms with Crippen LogP contribution in [0.1, 0.15) is 54.4 Å². The van der Waals surface area contributed by atoms with Gasteiger partial charge in [-0.05, 0) is 40.5 Å². The molecule has 0 fully saturated rings. The molecule has 8 heteroatoms. The van der Waals surface area contributed by atoms with Crippen molar-refractivity contribution >= 4 is 12.3 Å². The molecule has 0 amide bonds. The lowest BCUT2D eigenvalue weighted by Gasteiger charge is -2.20. The molecule has 0 aliphatic rings. The molecule has 0 atom stereocenters. The van der Waals surface area contributed by atoms with Crippen LogP contribution in [0.4, 0.5) is 9.59 Å². The smallest absolute Gasteiger partial charge is 0.429 e. The number of rotatable bonds is 9. The third-order valence-corrected chi connectivity index (χ3v) is 2.90. The number of carbonyl (C=O) groups is 2. The minimum absolute atomic E-state index is 0.193. The lowest BCUT2D eigenvalue weighted by Crippen LogP contribution is -2.26. The first-order valence-electron chi connectivity index (χ1n) is 7.16. The molecular formula is C14H26O8. The van der Waals surface area contributed by atoms with E-state index in [-0.39, 0.29) is 13.2 Å². The van der Waals surface area contributed by atoms with Crippen LogP contribution in [-0.2, 0) is 29.0 Å². The Morgan fingerprint density at radius 1 is 0.727 bits per heavy atom. The summed E-state index contributed by atoms with van der Waals surface area (Å²) in [4.78, 5) is 41.0. The molecule has 0 aromatic heterocycles.